The molecular formula is C12H20N2OS. The molecule has 1 heterocycles. The van der Waals surface area contributed by atoms with Crippen LogP contribution in [0.3, 0.4) is 0 Å². The summed E-state index contributed by atoms with van der Waals surface area (Å²) in [5.74, 6) is 0.479. The molecule has 0 saturated heterocycles. The minimum absolute atomic E-state index is 0.0144. The van der Waals surface area contributed by atoms with Crippen molar-refractivity contribution in [2.24, 2.45) is 5.92 Å². The van der Waals surface area contributed by atoms with Gasteiger partial charge in [0, 0.05) is 25.0 Å². The molecule has 0 unspecified atom stereocenters. The largest absolute Gasteiger partial charge is 0.338 e. The first-order valence-corrected chi connectivity index (χ1v) is 6.52. The van der Waals surface area contributed by atoms with E-state index >= 15 is 0 Å². The van der Waals surface area contributed by atoms with Gasteiger partial charge in [-0.2, -0.15) is 0 Å². The summed E-state index contributed by atoms with van der Waals surface area (Å²) < 4.78 is 0. The SMILES string of the molecule is CCN(C)C(=O)NC[C@@H](C)Cc1cccs1. The molecule has 0 aliphatic heterocycles. The van der Waals surface area contributed by atoms with E-state index in [0.717, 1.165) is 19.5 Å². The highest BCUT2D eigenvalue weighted by atomic mass is 32.1. The van der Waals surface area contributed by atoms with Gasteiger partial charge in [0.2, 0.25) is 0 Å². The van der Waals surface area contributed by atoms with E-state index in [1.807, 2.05) is 6.92 Å². The highest BCUT2D eigenvalue weighted by Gasteiger charge is 2.09. The Morgan fingerprint density at radius 2 is 2.38 bits per heavy atom. The molecule has 1 rings (SSSR count). The molecule has 0 aliphatic rings. The van der Waals surface area contributed by atoms with Crippen LogP contribution in [-0.2, 0) is 6.42 Å². The van der Waals surface area contributed by atoms with E-state index < -0.39 is 0 Å². The van der Waals surface area contributed by atoms with Crippen molar-refractivity contribution in [1.82, 2.24) is 10.2 Å². The van der Waals surface area contributed by atoms with Gasteiger partial charge in [-0.05, 0) is 30.7 Å². The minimum Gasteiger partial charge on any atom is -0.338 e. The zero-order chi connectivity index (χ0) is 12.0. The van der Waals surface area contributed by atoms with Crippen LogP contribution in [0.5, 0.6) is 0 Å². The van der Waals surface area contributed by atoms with Crippen molar-refractivity contribution in [2.45, 2.75) is 20.3 Å². The normalized spacial score (nSPS) is 12.2. The molecule has 1 N–H and O–H groups in total. The fourth-order valence-electron chi connectivity index (χ4n) is 1.38. The van der Waals surface area contributed by atoms with Crippen molar-refractivity contribution in [3.05, 3.63) is 22.4 Å². The number of carbonyl (C=O) groups is 1. The Balaban J connectivity index is 2.25. The van der Waals surface area contributed by atoms with Crippen molar-refractivity contribution in [3.63, 3.8) is 0 Å². The monoisotopic (exact) mass is 240 g/mol. The van der Waals surface area contributed by atoms with Crippen molar-refractivity contribution in [1.29, 1.82) is 0 Å². The number of nitrogens with one attached hydrogen (secondary N) is 1. The van der Waals surface area contributed by atoms with Crippen LogP contribution >= 0.6 is 11.3 Å². The molecule has 0 fully saturated rings. The van der Waals surface area contributed by atoms with Gasteiger partial charge in [-0.25, -0.2) is 4.79 Å². The second kappa shape index (κ2) is 6.53. The van der Waals surface area contributed by atoms with Crippen molar-refractivity contribution in [2.75, 3.05) is 20.1 Å². The first-order valence-electron chi connectivity index (χ1n) is 5.64. The van der Waals surface area contributed by atoms with Crippen molar-refractivity contribution in [3.8, 4) is 0 Å². The van der Waals surface area contributed by atoms with Crippen LogP contribution in [0.2, 0.25) is 0 Å². The van der Waals surface area contributed by atoms with E-state index in [1.54, 1.807) is 23.3 Å². The quantitative estimate of drug-likeness (QED) is 0.843. The van der Waals surface area contributed by atoms with E-state index in [2.05, 4.69) is 29.8 Å². The average molecular weight is 240 g/mol. The molecule has 0 radical (unpaired) electrons. The van der Waals surface area contributed by atoms with E-state index in [-0.39, 0.29) is 6.03 Å². The number of carbonyl (C=O) groups excluding carboxylic acids is 1. The number of rotatable bonds is 5. The first-order chi connectivity index (χ1) is 7.63. The lowest BCUT2D eigenvalue weighted by atomic mass is 10.1. The van der Waals surface area contributed by atoms with Crippen LogP contribution in [0, 0.1) is 5.92 Å². The molecule has 1 atom stereocenters. The maximum absolute atomic E-state index is 11.5. The highest BCUT2D eigenvalue weighted by molar-refractivity contribution is 7.09. The zero-order valence-corrected chi connectivity index (χ0v) is 11.0. The van der Waals surface area contributed by atoms with E-state index in [0.29, 0.717) is 5.92 Å². The number of hydrogen-bond donors (Lipinski definition) is 1. The zero-order valence-electron chi connectivity index (χ0n) is 10.2. The van der Waals surface area contributed by atoms with Gasteiger partial charge in [0.25, 0.3) is 0 Å². The summed E-state index contributed by atoms with van der Waals surface area (Å²) in [6.45, 7) is 5.60. The summed E-state index contributed by atoms with van der Waals surface area (Å²) in [4.78, 5) is 14.6. The third kappa shape index (κ3) is 4.23. The molecule has 2 amide bonds. The van der Waals surface area contributed by atoms with Crippen LogP contribution in [0.15, 0.2) is 17.5 Å². The lowest BCUT2D eigenvalue weighted by molar-refractivity contribution is 0.209. The van der Waals surface area contributed by atoms with Crippen molar-refractivity contribution >= 4 is 17.4 Å². The average Bonchev–Trinajstić information content (AvgIpc) is 2.77. The molecule has 16 heavy (non-hydrogen) atoms. The number of nitrogens with zero attached hydrogens (tertiary/aromatic N) is 1. The molecule has 4 heteroatoms. The van der Waals surface area contributed by atoms with Gasteiger partial charge in [0.05, 0.1) is 0 Å². The second-order valence-corrected chi connectivity index (χ2v) is 5.12. The molecule has 1 aromatic heterocycles. The Morgan fingerprint density at radius 1 is 1.62 bits per heavy atom. The standard InChI is InChI=1S/C12H20N2OS/c1-4-14(3)12(15)13-9-10(2)8-11-6-5-7-16-11/h5-7,10H,4,8-9H2,1-3H3,(H,13,15)/t10-/m0/s1. The van der Waals surface area contributed by atoms with Gasteiger partial charge in [-0.1, -0.05) is 13.0 Å². The lowest BCUT2D eigenvalue weighted by Crippen LogP contribution is -2.39. The summed E-state index contributed by atoms with van der Waals surface area (Å²) in [6.07, 6.45) is 1.04. The Hall–Kier alpha value is -1.03. The third-order valence-corrected chi connectivity index (χ3v) is 3.45. The summed E-state index contributed by atoms with van der Waals surface area (Å²) >= 11 is 1.77. The second-order valence-electron chi connectivity index (χ2n) is 4.09. The smallest absolute Gasteiger partial charge is 0.317 e. The van der Waals surface area contributed by atoms with Crippen LogP contribution in [0.25, 0.3) is 0 Å². The summed E-state index contributed by atoms with van der Waals surface area (Å²) in [5, 5.41) is 5.03. The van der Waals surface area contributed by atoms with E-state index in [4.69, 9.17) is 0 Å². The number of urea groups is 1. The van der Waals surface area contributed by atoms with Crippen molar-refractivity contribution < 1.29 is 4.79 Å². The van der Waals surface area contributed by atoms with E-state index in [9.17, 15) is 4.79 Å². The third-order valence-electron chi connectivity index (χ3n) is 2.55. The summed E-state index contributed by atoms with van der Waals surface area (Å²) in [6, 6.07) is 4.22. The van der Waals surface area contributed by atoms with Gasteiger partial charge < -0.3 is 10.2 Å². The van der Waals surface area contributed by atoms with Crippen LogP contribution in [0.4, 0.5) is 4.79 Å². The van der Waals surface area contributed by atoms with Gasteiger partial charge in [0.15, 0.2) is 0 Å². The van der Waals surface area contributed by atoms with Crippen LogP contribution in [-0.4, -0.2) is 31.1 Å². The Labute approximate surface area is 101 Å². The number of hydrogen-bond acceptors (Lipinski definition) is 2. The molecule has 0 bridgehead atoms. The molecule has 3 nitrogen and oxygen atoms in total. The molecular weight excluding hydrogens is 220 g/mol. The fourth-order valence-corrected chi connectivity index (χ4v) is 2.25. The van der Waals surface area contributed by atoms with E-state index in [1.165, 1.54) is 4.88 Å². The molecule has 90 valence electrons. The fraction of sp³-hybridized carbons (Fsp3) is 0.583. The minimum atomic E-state index is 0.0144. The van der Waals surface area contributed by atoms with Crippen LogP contribution in [0.1, 0.15) is 18.7 Å². The number of amides is 2. The molecule has 0 saturated carbocycles. The Bertz CT molecular complexity index is 311. The summed E-state index contributed by atoms with van der Waals surface area (Å²) in [7, 11) is 1.80. The predicted octanol–water partition coefficient (Wildman–Crippen LogP) is 2.59. The van der Waals surface area contributed by atoms with Crippen LogP contribution < -0.4 is 5.32 Å². The summed E-state index contributed by atoms with van der Waals surface area (Å²) in [5.41, 5.74) is 0. The number of thiophene rings is 1. The predicted molar refractivity (Wildman–Crippen MR) is 68.9 cm³/mol. The lowest BCUT2D eigenvalue weighted by Gasteiger charge is -2.17. The maximum Gasteiger partial charge on any atom is 0.317 e. The van der Waals surface area contributed by atoms with Gasteiger partial charge in [-0.3, -0.25) is 0 Å². The van der Waals surface area contributed by atoms with Gasteiger partial charge in [0.1, 0.15) is 0 Å². The molecule has 0 spiro atoms. The highest BCUT2D eigenvalue weighted by Crippen LogP contribution is 2.13. The molecule has 0 aromatic carbocycles. The Morgan fingerprint density at radius 3 is 2.94 bits per heavy atom. The topological polar surface area (TPSA) is 32.3 Å². The first kappa shape index (κ1) is 13.0. The molecule has 0 aliphatic carbocycles. The van der Waals surface area contributed by atoms with Gasteiger partial charge in [-0.15, -0.1) is 11.3 Å². The maximum atomic E-state index is 11.5. The molecule has 1 aromatic rings. The van der Waals surface area contributed by atoms with Gasteiger partial charge >= 0.3 is 6.03 Å². The Kier molecular flexibility index (Phi) is 5.32.